The number of nitrogens with one attached hydrogen (secondary N) is 1. The van der Waals surface area contributed by atoms with Gasteiger partial charge in [-0.3, -0.25) is 9.58 Å². The predicted molar refractivity (Wildman–Crippen MR) is 78.9 cm³/mol. The molecule has 4 nitrogen and oxygen atoms in total. The largest absolute Gasteiger partial charge is 0.311 e. The summed E-state index contributed by atoms with van der Waals surface area (Å²) in [6, 6.07) is 3.31. The molecule has 0 amide bonds. The lowest BCUT2D eigenvalue weighted by molar-refractivity contribution is 0.0474. The SMILES string of the molecule is CCC1CN(Cc2ccn(C)n2)C(C(C)(C)C)CN1. The van der Waals surface area contributed by atoms with E-state index in [2.05, 4.69) is 49.1 Å². The van der Waals surface area contributed by atoms with Crippen LogP contribution in [0.25, 0.3) is 0 Å². The lowest BCUT2D eigenvalue weighted by Crippen LogP contribution is -2.60. The van der Waals surface area contributed by atoms with Crippen molar-refractivity contribution in [2.75, 3.05) is 13.1 Å². The van der Waals surface area contributed by atoms with Crippen molar-refractivity contribution in [1.29, 1.82) is 0 Å². The van der Waals surface area contributed by atoms with Crippen LogP contribution >= 0.6 is 0 Å². The van der Waals surface area contributed by atoms with Crippen LogP contribution in [0.15, 0.2) is 12.3 Å². The Balaban J connectivity index is 2.11. The van der Waals surface area contributed by atoms with Crippen LogP contribution in [-0.2, 0) is 13.6 Å². The van der Waals surface area contributed by atoms with Gasteiger partial charge in [0.1, 0.15) is 0 Å². The lowest BCUT2D eigenvalue weighted by Gasteiger charge is -2.46. The van der Waals surface area contributed by atoms with Crippen LogP contribution < -0.4 is 5.32 Å². The van der Waals surface area contributed by atoms with Crippen LogP contribution in [0.5, 0.6) is 0 Å². The van der Waals surface area contributed by atoms with Crippen molar-refractivity contribution in [3.63, 3.8) is 0 Å². The molecule has 0 aromatic carbocycles. The van der Waals surface area contributed by atoms with Gasteiger partial charge in [0.25, 0.3) is 0 Å². The molecule has 1 aliphatic rings. The Kier molecular flexibility index (Phi) is 4.31. The van der Waals surface area contributed by atoms with Gasteiger partial charge in [-0.25, -0.2) is 0 Å². The topological polar surface area (TPSA) is 33.1 Å². The van der Waals surface area contributed by atoms with E-state index in [0.717, 1.165) is 19.6 Å². The van der Waals surface area contributed by atoms with Crippen LogP contribution in [-0.4, -0.2) is 39.9 Å². The molecule has 19 heavy (non-hydrogen) atoms. The number of aromatic nitrogens is 2. The minimum absolute atomic E-state index is 0.292. The molecule has 0 saturated carbocycles. The highest BCUT2D eigenvalue weighted by molar-refractivity contribution is 5.01. The van der Waals surface area contributed by atoms with E-state index in [1.165, 1.54) is 12.1 Å². The van der Waals surface area contributed by atoms with E-state index >= 15 is 0 Å². The molecule has 2 atom stereocenters. The second kappa shape index (κ2) is 5.63. The fourth-order valence-corrected chi connectivity index (χ4v) is 2.94. The van der Waals surface area contributed by atoms with Gasteiger partial charge in [0.15, 0.2) is 0 Å². The van der Waals surface area contributed by atoms with Gasteiger partial charge < -0.3 is 5.32 Å². The Bertz CT molecular complexity index is 405. The van der Waals surface area contributed by atoms with Gasteiger partial charge in [-0.05, 0) is 17.9 Å². The standard InChI is InChI=1S/C15H28N4/c1-6-12-10-19(11-13-7-8-18(5)17-13)14(9-16-12)15(2,3)4/h7-8,12,14,16H,6,9-11H2,1-5H3. The predicted octanol–water partition coefficient (Wildman–Crippen LogP) is 2.02. The third-order valence-electron chi connectivity index (χ3n) is 4.12. The first-order valence-electron chi connectivity index (χ1n) is 7.36. The van der Waals surface area contributed by atoms with Crippen LogP contribution in [0.1, 0.15) is 39.8 Å². The van der Waals surface area contributed by atoms with Gasteiger partial charge in [0.05, 0.1) is 5.69 Å². The average Bonchev–Trinajstić information content (AvgIpc) is 2.73. The molecule has 0 radical (unpaired) electrons. The van der Waals surface area contributed by atoms with E-state index in [9.17, 15) is 0 Å². The number of nitrogens with zero attached hydrogens (tertiary/aromatic N) is 3. The molecule has 2 unspecified atom stereocenters. The first kappa shape index (κ1) is 14.5. The van der Waals surface area contributed by atoms with Crippen LogP contribution in [0, 0.1) is 5.41 Å². The van der Waals surface area contributed by atoms with Crippen molar-refractivity contribution in [3.8, 4) is 0 Å². The smallest absolute Gasteiger partial charge is 0.0764 e. The van der Waals surface area contributed by atoms with Gasteiger partial charge >= 0.3 is 0 Å². The number of piperazine rings is 1. The van der Waals surface area contributed by atoms with Crippen molar-refractivity contribution in [2.24, 2.45) is 12.5 Å². The molecule has 0 aliphatic carbocycles. The third kappa shape index (κ3) is 3.57. The number of hydrogen-bond donors (Lipinski definition) is 1. The molecule has 2 rings (SSSR count). The third-order valence-corrected chi connectivity index (χ3v) is 4.12. The van der Waals surface area contributed by atoms with E-state index in [1.54, 1.807) is 0 Å². The van der Waals surface area contributed by atoms with Crippen molar-refractivity contribution in [1.82, 2.24) is 20.0 Å². The highest BCUT2D eigenvalue weighted by atomic mass is 15.3. The molecule has 4 heteroatoms. The molecule has 1 aromatic rings. The highest BCUT2D eigenvalue weighted by Gasteiger charge is 2.35. The zero-order chi connectivity index (χ0) is 14.0. The maximum absolute atomic E-state index is 4.53. The summed E-state index contributed by atoms with van der Waals surface area (Å²) in [4.78, 5) is 2.60. The summed E-state index contributed by atoms with van der Waals surface area (Å²) >= 11 is 0. The molecule has 2 heterocycles. The number of aryl methyl sites for hydroxylation is 1. The summed E-state index contributed by atoms with van der Waals surface area (Å²) in [5.41, 5.74) is 1.47. The Morgan fingerprint density at radius 1 is 1.42 bits per heavy atom. The summed E-state index contributed by atoms with van der Waals surface area (Å²) in [6.07, 6.45) is 3.22. The van der Waals surface area contributed by atoms with E-state index in [0.29, 0.717) is 17.5 Å². The Morgan fingerprint density at radius 3 is 2.68 bits per heavy atom. The summed E-state index contributed by atoms with van der Waals surface area (Å²) in [7, 11) is 1.98. The molecule has 0 spiro atoms. The maximum atomic E-state index is 4.53. The summed E-state index contributed by atoms with van der Waals surface area (Å²) in [5, 5.41) is 8.21. The van der Waals surface area contributed by atoms with Gasteiger partial charge in [-0.2, -0.15) is 5.10 Å². The molecule has 1 aliphatic heterocycles. The number of hydrogen-bond acceptors (Lipinski definition) is 3. The fourth-order valence-electron chi connectivity index (χ4n) is 2.94. The second-order valence-corrected chi connectivity index (χ2v) is 6.81. The van der Waals surface area contributed by atoms with E-state index in [4.69, 9.17) is 0 Å². The van der Waals surface area contributed by atoms with E-state index in [1.807, 2.05) is 17.9 Å². The van der Waals surface area contributed by atoms with Crippen molar-refractivity contribution in [2.45, 2.75) is 52.7 Å². The molecule has 0 bridgehead atoms. The molecule has 108 valence electrons. The van der Waals surface area contributed by atoms with Crippen molar-refractivity contribution < 1.29 is 0 Å². The fraction of sp³-hybridized carbons (Fsp3) is 0.800. The zero-order valence-corrected chi connectivity index (χ0v) is 13.0. The molecule has 1 fully saturated rings. The van der Waals surface area contributed by atoms with E-state index in [-0.39, 0.29) is 0 Å². The molecule has 1 N–H and O–H groups in total. The monoisotopic (exact) mass is 264 g/mol. The minimum Gasteiger partial charge on any atom is -0.311 e. The van der Waals surface area contributed by atoms with Crippen LogP contribution in [0.3, 0.4) is 0 Å². The maximum Gasteiger partial charge on any atom is 0.0764 e. The van der Waals surface area contributed by atoms with Crippen molar-refractivity contribution in [3.05, 3.63) is 18.0 Å². The van der Waals surface area contributed by atoms with Gasteiger partial charge in [-0.1, -0.05) is 27.7 Å². The van der Waals surface area contributed by atoms with Gasteiger partial charge in [0.2, 0.25) is 0 Å². The first-order chi connectivity index (χ1) is 8.90. The zero-order valence-electron chi connectivity index (χ0n) is 13.0. The molecule has 1 saturated heterocycles. The van der Waals surface area contributed by atoms with E-state index < -0.39 is 0 Å². The Morgan fingerprint density at radius 2 is 2.16 bits per heavy atom. The average molecular weight is 264 g/mol. The van der Waals surface area contributed by atoms with Crippen LogP contribution in [0.2, 0.25) is 0 Å². The normalized spacial score (nSPS) is 25.7. The summed E-state index contributed by atoms with van der Waals surface area (Å²) in [5.74, 6) is 0. The van der Waals surface area contributed by atoms with Crippen molar-refractivity contribution >= 4 is 0 Å². The Hall–Kier alpha value is -0.870. The molecule has 1 aromatic heterocycles. The highest BCUT2D eigenvalue weighted by Crippen LogP contribution is 2.27. The molecular formula is C15H28N4. The lowest BCUT2D eigenvalue weighted by atomic mass is 9.83. The minimum atomic E-state index is 0.292. The van der Waals surface area contributed by atoms with Gasteiger partial charge in [-0.15, -0.1) is 0 Å². The second-order valence-electron chi connectivity index (χ2n) is 6.81. The summed E-state index contributed by atoms with van der Waals surface area (Å²) in [6.45, 7) is 12.4. The van der Waals surface area contributed by atoms with Crippen LogP contribution in [0.4, 0.5) is 0 Å². The molecular weight excluding hydrogens is 236 g/mol. The first-order valence-corrected chi connectivity index (χ1v) is 7.36. The number of rotatable bonds is 3. The van der Waals surface area contributed by atoms with Gasteiger partial charge in [0, 0.05) is 45.0 Å². The quantitative estimate of drug-likeness (QED) is 0.906. The summed E-state index contributed by atoms with van der Waals surface area (Å²) < 4.78 is 1.89. The Labute approximate surface area is 117 Å².